The highest BCUT2D eigenvalue weighted by Gasteiger charge is 2.14. The van der Waals surface area contributed by atoms with Crippen LogP contribution in [0.4, 0.5) is 0 Å². The predicted molar refractivity (Wildman–Crippen MR) is 81.0 cm³/mol. The second-order valence-corrected chi connectivity index (χ2v) is 5.52. The first kappa shape index (κ1) is 13.3. The molecule has 1 N–H and O–H groups in total. The Balaban J connectivity index is 2.45. The summed E-state index contributed by atoms with van der Waals surface area (Å²) in [4.78, 5) is 0. The molecular formula is C16H18BrN. The third kappa shape index (κ3) is 2.82. The SMILES string of the molecule is CNC(c1cccc(C)c1)c1ccc(C)cc1Br. The highest BCUT2D eigenvalue weighted by molar-refractivity contribution is 9.10. The molecule has 0 fully saturated rings. The molecule has 18 heavy (non-hydrogen) atoms. The fraction of sp³-hybridized carbons (Fsp3) is 0.250. The Morgan fingerprint density at radius 3 is 2.33 bits per heavy atom. The van der Waals surface area contributed by atoms with Crippen LogP contribution >= 0.6 is 15.9 Å². The summed E-state index contributed by atoms with van der Waals surface area (Å²) >= 11 is 3.66. The van der Waals surface area contributed by atoms with Crippen molar-refractivity contribution in [3.05, 3.63) is 69.2 Å². The van der Waals surface area contributed by atoms with Gasteiger partial charge in [0.2, 0.25) is 0 Å². The average Bonchev–Trinajstić information content (AvgIpc) is 2.33. The van der Waals surface area contributed by atoms with E-state index in [1.165, 1.54) is 22.3 Å². The van der Waals surface area contributed by atoms with Gasteiger partial charge in [-0.25, -0.2) is 0 Å². The van der Waals surface area contributed by atoms with Crippen LogP contribution in [0.3, 0.4) is 0 Å². The number of halogens is 1. The average molecular weight is 304 g/mol. The number of aryl methyl sites for hydroxylation is 2. The third-order valence-corrected chi connectivity index (χ3v) is 3.82. The topological polar surface area (TPSA) is 12.0 Å². The Labute approximate surface area is 117 Å². The van der Waals surface area contributed by atoms with Gasteiger partial charge >= 0.3 is 0 Å². The maximum Gasteiger partial charge on any atom is 0.0585 e. The van der Waals surface area contributed by atoms with E-state index in [-0.39, 0.29) is 6.04 Å². The van der Waals surface area contributed by atoms with Crippen molar-refractivity contribution in [2.45, 2.75) is 19.9 Å². The second-order valence-electron chi connectivity index (χ2n) is 4.66. The van der Waals surface area contributed by atoms with Crippen LogP contribution in [0, 0.1) is 13.8 Å². The molecule has 2 aromatic rings. The summed E-state index contributed by atoms with van der Waals surface area (Å²) in [6.45, 7) is 4.23. The predicted octanol–water partition coefficient (Wildman–Crippen LogP) is 4.37. The fourth-order valence-electron chi connectivity index (χ4n) is 2.22. The van der Waals surface area contributed by atoms with Crippen molar-refractivity contribution < 1.29 is 0 Å². The molecule has 0 saturated carbocycles. The molecule has 0 aliphatic carbocycles. The maximum absolute atomic E-state index is 3.66. The Bertz CT molecular complexity index is 549. The molecule has 0 aliphatic heterocycles. The van der Waals surface area contributed by atoms with Gasteiger partial charge in [0.15, 0.2) is 0 Å². The minimum absolute atomic E-state index is 0.222. The van der Waals surface area contributed by atoms with Crippen molar-refractivity contribution in [2.24, 2.45) is 0 Å². The standard InChI is InChI=1S/C16H18BrN/c1-11-5-4-6-13(9-11)16(18-3)14-8-7-12(2)10-15(14)17/h4-10,16,18H,1-3H3. The smallest absolute Gasteiger partial charge is 0.0585 e. The number of hydrogen-bond acceptors (Lipinski definition) is 1. The van der Waals surface area contributed by atoms with Crippen LogP contribution < -0.4 is 5.32 Å². The van der Waals surface area contributed by atoms with Crippen LogP contribution in [0.5, 0.6) is 0 Å². The molecule has 0 radical (unpaired) electrons. The second kappa shape index (κ2) is 5.68. The van der Waals surface area contributed by atoms with Crippen molar-refractivity contribution in [1.82, 2.24) is 5.32 Å². The van der Waals surface area contributed by atoms with Gasteiger partial charge in [-0.3, -0.25) is 0 Å². The molecule has 0 aliphatic rings. The molecule has 0 saturated heterocycles. The molecule has 94 valence electrons. The highest BCUT2D eigenvalue weighted by atomic mass is 79.9. The molecule has 0 heterocycles. The molecule has 0 bridgehead atoms. The van der Waals surface area contributed by atoms with Gasteiger partial charge < -0.3 is 5.32 Å². The molecule has 0 spiro atoms. The summed E-state index contributed by atoms with van der Waals surface area (Å²) in [6, 6.07) is 15.4. The first-order chi connectivity index (χ1) is 8.61. The van der Waals surface area contributed by atoms with Gasteiger partial charge in [-0.1, -0.05) is 57.9 Å². The lowest BCUT2D eigenvalue weighted by Crippen LogP contribution is -2.18. The minimum Gasteiger partial charge on any atom is -0.309 e. The number of hydrogen-bond donors (Lipinski definition) is 1. The Kier molecular flexibility index (Phi) is 4.20. The van der Waals surface area contributed by atoms with Gasteiger partial charge in [0.05, 0.1) is 6.04 Å². The summed E-state index contributed by atoms with van der Waals surface area (Å²) in [5.41, 5.74) is 5.12. The molecule has 1 unspecified atom stereocenters. The number of rotatable bonds is 3. The van der Waals surface area contributed by atoms with Gasteiger partial charge in [-0.05, 0) is 43.7 Å². The van der Waals surface area contributed by atoms with E-state index in [2.05, 4.69) is 77.6 Å². The highest BCUT2D eigenvalue weighted by Crippen LogP contribution is 2.29. The molecule has 2 heteroatoms. The lowest BCUT2D eigenvalue weighted by Gasteiger charge is -2.19. The van der Waals surface area contributed by atoms with Gasteiger partial charge in [-0.2, -0.15) is 0 Å². The molecule has 2 rings (SSSR count). The van der Waals surface area contributed by atoms with Gasteiger partial charge in [0, 0.05) is 4.47 Å². The molecule has 0 amide bonds. The maximum atomic E-state index is 3.66. The van der Waals surface area contributed by atoms with E-state index in [4.69, 9.17) is 0 Å². The van der Waals surface area contributed by atoms with Crippen molar-refractivity contribution in [1.29, 1.82) is 0 Å². The summed E-state index contributed by atoms with van der Waals surface area (Å²) < 4.78 is 1.16. The largest absolute Gasteiger partial charge is 0.309 e. The van der Waals surface area contributed by atoms with E-state index < -0.39 is 0 Å². The van der Waals surface area contributed by atoms with Crippen LogP contribution in [0.15, 0.2) is 46.9 Å². The third-order valence-electron chi connectivity index (χ3n) is 3.13. The van der Waals surface area contributed by atoms with E-state index in [0.29, 0.717) is 0 Å². The zero-order chi connectivity index (χ0) is 13.1. The van der Waals surface area contributed by atoms with Gasteiger partial charge in [0.25, 0.3) is 0 Å². The zero-order valence-electron chi connectivity index (χ0n) is 11.0. The van der Waals surface area contributed by atoms with Crippen LogP contribution in [-0.2, 0) is 0 Å². The monoisotopic (exact) mass is 303 g/mol. The summed E-state index contributed by atoms with van der Waals surface area (Å²) in [7, 11) is 2.00. The quantitative estimate of drug-likeness (QED) is 0.887. The Morgan fingerprint density at radius 2 is 1.72 bits per heavy atom. The molecule has 1 atom stereocenters. The van der Waals surface area contributed by atoms with Gasteiger partial charge in [-0.15, -0.1) is 0 Å². The fourth-order valence-corrected chi connectivity index (χ4v) is 2.94. The Morgan fingerprint density at radius 1 is 1.00 bits per heavy atom. The van der Waals surface area contributed by atoms with E-state index in [0.717, 1.165) is 4.47 Å². The lowest BCUT2D eigenvalue weighted by atomic mass is 9.97. The first-order valence-electron chi connectivity index (χ1n) is 6.11. The van der Waals surface area contributed by atoms with E-state index in [1.807, 2.05) is 7.05 Å². The summed E-state index contributed by atoms with van der Waals surface area (Å²) in [5, 5.41) is 3.39. The van der Waals surface area contributed by atoms with Crippen LogP contribution in [0.1, 0.15) is 28.3 Å². The summed E-state index contributed by atoms with van der Waals surface area (Å²) in [5.74, 6) is 0. The van der Waals surface area contributed by atoms with Crippen LogP contribution in [0.25, 0.3) is 0 Å². The molecule has 2 aromatic carbocycles. The van der Waals surface area contributed by atoms with Crippen molar-refractivity contribution in [3.8, 4) is 0 Å². The van der Waals surface area contributed by atoms with Crippen molar-refractivity contribution in [2.75, 3.05) is 7.05 Å². The van der Waals surface area contributed by atoms with Crippen molar-refractivity contribution >= 4 is 15.9 Å². The first-order valence-corrected chi connectivity index (χ1v) is 6.91. The molecular weight excluding hydrogens is 286 g/mol. The normalized spacial score (nSPS) is 12.4. The summed E-state index contributed by atoms with van der Waals surface area (Å²) in [6.07, 6.45) is 0. The van der Waals surface area contributed by atoms with Crippen LogP contribution in [-0.4, -0.2) is 7.05 Å². The number of nitrogens with one attached hydrogen (secondary N) is 1. The van der Waals surface area contributed by atoms with E-state index >= 15 is 0 Å². The molecule has 1 nitrogen and oxygen atoms in total. The zero-order valence-corrected chi connectivity index (χ0v) is 12.6. The van der Waals surface area contributed by atoms with Crippen LogP contribution in [0.2, 0.25) is 0 Å². The lowest BCUT2D eigenvalue weighted by molar-refractivity contribution is 0.688. The van der Waals surface area contributed by atoms with Gasteiger partial charge in [0.1, 0.15) is 0 Å². The van der Waals surface area contributed by atoms with Crippen molar-refractivity contribution in [3.63, 3.8) is 0 Å². The van der Waals surface area contributed by atoms with E-state index in [1.54, 1.807) is 0 Å². The van der Waals surface area contributed by atoms with E-state index in [9.17, 15) is 0 Å². The minimum atomic E-state index is 0.222. The molecule has 0 aromatic heterocycles. The Hall–Kier alpha value is -1.12. The number of benzene rings is 2.